The average molecular weight is 275 g/mol. The normalized spacial score (nSPS) is 12.3. The summed E-state index contributed by atoms with van der Waals surface area (Å²) < 4.78 is 5.13. The highest BCUT2D eigenvalue weighted by Gasteiger charge is 2.19. The maximum absolute atomic E-state index is 12.0. The molecule has 0 bridgehead atoms. The number of aromatic nitrogens is 2. The standard InChI is InChI=1S/C15H21N3O2/c1-3-5-6-14(15(19)20-4-2)17-12-7-8-13-11(9-12)10-16-18-13/h7-10,14,17H,3-6H2,1-2H3,(H,16,18). The lowest BCUT2D eigenvalue weighted by Gasteiger charge is -2.18. The van der Waals surface area contributed by atoms with Crippen molar-refractivity contribution in [2.45, 2.75) is 39.2 Å². The minimum absolute atomic E-state index is 0.187. The number of ether oxygens (including phenoxy) is 1. The van der Waals surface area contributed by atoms with Crippen LogP contribution >= 0.6 is 0 Å². The quantitative estimate of drug-likeness (QED) is 0.762. The molecule has 1 aromatic carbocycles. The fourth-order valence-corrected chi connectivity index (χ4v) is 2.13. The van der Waals surface area contributed by atoms with Crippen LogP contribution in [0.4, 0.5) is 5.69 Å². The second-order valence-corrected chi connectivity index (χ2v) is 4.76. The average Bonchev–Trinajstić information content (AvgIpc) is 2.91. The first-order chi connectivity index (χ1) is 9.74. The molecule has 108 valence electrons. The van der Waals surface area contributed by atoms with Crippen LogP contribution in [0.15, 0.2) is 24.4 Å². The van der Waals surface area contributed by atoms with Gasteiger partial charge in [0.25, 0.3) is 0 Å². The molecule has 0 fully saturated rings. The minimum atomic E-state index is -0.292. The highest BCUT2D eigenvalue weighted by atomic mass is 16.5. The molecule has 1 atom stereocenters. The number of hydrogen-bond donors (Lipinski definition) is 2. The summed E-state index contributed by atoms with van der Waals surface area (Å²) in [5, 5.41) is 11.2. The molecular formula is C15H21N3O2. The molecule has 20 heavy (non-hydrogen) atoms. The van der Waals surface area contributed by atoms with Crippen molar-refractivity contribution in [3.05, 3.63) is 24.4 Å². The van der Waals surface area contributed by atoms with Crippen molar-refractivity contribution in [2.75, 3.05) is 11.9 Å². The van der Waals surface area contributed by atoms with Crippen molar-refractivity contribution in [3.8, 4) is 0 Å². The number of unbranched alkanes of at least 4 members (excludes halogenated alkanes) is 1. The number of benzene rings is 1. The molecule has 0 aliphatic rings. The Labute approximate surface area is 118 Å². The van der Waals surface area contributed by atoms with Gasteiger partial charge < -0.3 is 10.1 Å². The fourth-order valence-electron chi connectivity index (χ4n) is 2.13. The van der Waals surface area contributed by atoms with Gasteiger partial charge in [-0.2, -0.15) is 5.10 Å². The second-order valence-electron chi connectivity index (χ2n) is 4.76. The summed E-state index contributed by atoms with van der Waals surface area (Å²) in [7, 11) is 0. The molecule has 0 saturated carbocycles. The Morgan fingerprint density at radius 2 is 2.30 bits per heavy atom. The van der Waals surface area contributed by atoms with Gasteiger partial charge in [-0.15, -0.1) is 0 Å². The first-order valence-corrected chi connectivity index (χ1v) is 7.11. The van der Waals surface area contributed by atoms with Crippen LogP contribution in [0, 0.1) is 0 Å². The Morgan fingerprint density at radius 1 is 1.45 bits per heavy atom. The van der Waals surface area contributed by atoms with Crippen molar-refractivity contribution in [3.63, 3.8) is 0 Å². The zero-order chi connectivity index (χ0) is 14.4. The van der Waals surface area contributed by atoms with Gasteiger partial charge in [0.15, 0.2) is 0 Å². The van der Waals surface area contributed by atoms with Crippen molar-refractivity contribution in [2.24, 2.45) is 0 Å². The Kier molecular flexibility index (Phi) is 4.98. The lowest BCUT2D eigenvalue weighted by Crippen LogP contribution is -2.31. The zero-order valence-corrected chi connectivity index (χ0v) is 12.0. The molecule has 0 aliphatic heterocycles. The Bertz CT molecular complexity index is 565. The molecule has 0 radical (unpaired) electrons. The smallest absolute Gasteiger partial charge is 0.328 e. The third-order valence-electron chi connectivity index (χ3n) is 3.20. The topological polar surface area (TPSA) is 67.0 Å². The van der Waals surface area contributed by atoms with Crippen LogP contribution in [0.2, 0.25) is 0 Å². The number of fused-ring (bicyclic) bond motifs is 1. The van der Waals surface area contributed by atoms with Crippen LogP contribution in [0.3, 0.4) is 0 Å². The van der Waals surface area contributed by atoms with Gasteiger partial charge in [-0.25, -0.2) is 4.79 Å². The Morgan fingerprint density at radius 3 is 3.05 bits per heavy atom. The molecule has 0 amide bonds. The number of H-pyrrole nitrogens is 1. The van der Waals surface area contributed by atoms with E-state index in [-0.39, 0.29) is 12.0 Å². The number of hydrogen-bond acceptors (Lipinski definition) is 4. The van der Waals surface area contributed by atoms with Crippen LogP contribution < -0.4 is 5.32 Å². The summed E-state index contributed by atoms with van der Waals surface area (Å²) in [5.74, 6) is -0.187. The number of rotatable bonds is 7. The molecule has 0 aliphatic carbocycles. The van der Waals surface area contributed by atoms with E-state index >= 15 is 0 Å². The van der Waals surface area contributed by atoms with Crippen LogP contribution in [0.25, 0.3) is 10.9 Å². The van der Waals surface area contributed by atoms with Crippen LogP contribution in [0.1, 0.15) is 33.1 Å². The molecule has 0 spiro atoms. The van der Waals surface area contributed by atoms with Crippen molar-refractivity contribution < 1.29 is 9.53 Å². The van der Waals surface area contributed by atoms with Gasteiger partial charge in [0, 0.05) is 11.1 Å². The summed E-state index contributed by atoms with van der Waals surface area (Å²) in [6.45, 7) is 4.34. The molecule has 5 nitrogen and oxygen atoms in total. The van der Waals surface area contributed by atoms with E-state index in [1.54, 1.807) is 6.20 Å². The molecule has 2 rings (SSSR count). The SMILES string of the molecule is CCCCC(Nc1ccc2[nH]ncc2c1)C(=O)OCC. The van der Waals surface area contributed by atoms with Gasteiger partial charge in [0.05, 0.1) is 18.3 Å². The number of nitrogens with zero attached hydrogens (tertiary/aromatic N) is 1. The maximum Gasteiger partial charge on any atom is 0.328 e. The number of anilines is 1. The van der Waals surface area contributed by atoms with Crippen LogP contribution in [0.5, 0.6) is 0 Å². The first kappa shape index (κ1) is 14.4. The monoisotopic (exact) mass is 275 g/mol. The van der Waals surface area contributed by atoms with E-state index in [1.165, 1.54) is 0 Å². The van der Waals surface area contributed by atoms with E-state index in [1.807, 2.05) is 25.1 Å². The fraction of sp³-hybridized carbons (Fsp3) is 0.467. The molecule has 0 saturated heterocycles. The van der Waals surface area contributed by atoms with E-state index in [0.29, 0.717) is 6.61 Å². The third kappa shape index (κ3) is 3.50. The minimum Gasteiger partial charge on any atom is -0.464 e. The summed E-state index contributed by atoms with van der Waals surface area (Å²) in [6, 6.07) is 5.59. The predicted octanol–water partition coefficient (Wildman–Crippen LogP) is 3.10. The van der Waals surface area contributed by atoms with E-state index < -0.39 is 0 Å². The van der Waals surface area contributed by atoms with Crippen molar-refractivity contribution >= 4 is 22.6 Å². The Hall–Kier alpha value is -2.04. The number of carbonyl (C=O) groups is 1. The largest absolute Gasteiger partial charge is 0.464 e. The highest BCUT2D eigenvalue weighted by molar-refractivity contribution is 5.84. The van der Waals surface area contributed by atoms with Gasteiger partial charge in [-0.1, -0.05) is 19.8 Å². The number of esters is 1. The van der Waals surface area contributed by atoms with Crippen LogP contribution in [-0.4, -0.2) is 28.8 Å². The molecule has 1 heterocycles. The summed E-state index contributed by atoms with van der Waals surface area (Å²) in [5.41, 5.74) is 1.89. The van der Waals surface area contributed by atoms with Gasteiger partial charge in [0.1, 0.15) is 6.04 Å². The van der Waals surface area contributed by atoms with Crippen LogP contribution in [-0.2, 0) is 9.53 Å². The van der Waals surface area contributed by atoms with Gasteiger partial charge in [-0.3, -0.25) is 5.10 Å². The molecule has 5 heteroatoms. The van der Waals surface area contributed by atoms with E-state index in [4.69, 9.17) is 4.74 Å². The summed E-state index contributed by atoms with van der Waals surface area (Å²) in [6.07, 6.45) is 4.59. The lowest BCUT2D eigenvalue weighted by atomic mass is 10.1. The van der Waals surface area contributed by atoms with Gasteiger partial charge in [0.2, 0.25) is 0 Å². The predicted molar refractivity (Wildman–Crippen MR) is 79.7 cm³/mol. The molecule has 1 unspecified atom stereocenters. The Balaban J connectivity index is 2.10. The maximum atomic E-state index is 12.0. The van der Waals surface area contributed by atoms with E-state index in [2.05, 4.69) is 22.4 Å². The second kappa shape index (κ2) is 6.93. The van der Waals surface area contributed by atoms with Gasteiger partial charge in [-0.05, 0) is 31.5 Å². The van der Waals surface area contributed by atoms with Crippen molar-refractivity contribution in [1.82, 2.24) is 10.2 Å². The lowest BCUT2D eigenvalue weighted by molar-refractivity contribution is -0.144. The molecule has 2 N–H and O–H groups in total. The van der Waals surface area contributed by atoms with E-state index in [0.717, 1.165) is 35.9 Å². The van der Waals surface area contributed by atoms with Crippen molar-refractivity contribution in [1.29, 1.82) is 0 Å². The summed E-state index contributed by atoms with van der Waals surface area (Å²) in [4.78, 5) is 12.0. The van der Waals surface area contributed by atoms with Gasteiger partial charge >= 0.3 is 5.97 Å². The number of aromatic amines is 1. The first-order valence-electron chi connectivity index (χ1n) is 7.11. The highest BCUT2D eigenvalue weighted by Crippen LogP contribution is 2.19. The summed E-state index contributed by atoms with van der Waals surface area (Å²) >= 11 is 0. The molecule has 1 aromatic heterocycles. The van der Waals surface area contributed by atoms with E-state index in [9.17, 15) is 4.79 Å². The number of nitrogens with one attached hydrogen (secondary N) is 2. The zero-order valence-electron chi connectivity index (χ0n) is 12.0. The third-order valence-corrected chi connectivity index (χ3v) is 3.20. The molecule has 2 aromatic rings. The molecular weight excluding hydrogens is 254 g/mol. The number of carbonyl (C=O) groups excluding carboxylic acids is 1.